The van der Waals surface area contributed by atoms with Crippen molar-refractivity contribution in [3.05, 3.63) is 42.0 Å². The molecule has 0 aliphatic rings. The number of benzene rings is 2. The number of anilines is 1. The zero-order chi connectivity index (χ0) is 15.6. The Kier molecular flexibility index (Phi) is 4.12. The van der Waals surface area contributed by atoms with Gasteiger partial charge in [-0.3, -0.25) is 0 Å². The third-order valence-corrected chi connectivity index (χ3v) is 3.45. The SMILES string of the molecule is CCOc1ccccc1-c1cc(C(C)(C)C)c(O)cc1N. The van der Waals surface area contributed by atoms with Gasteiger partial charge in [-0.2, -0.15) is 0 Å². The zero-order valence-corrected chi connectivity index (χ0v) is 13.1. The van der Waals surface area contributed by atoms with Crippen LogP contribution < -0.4 is 10.5 Å². The van der Waals surface area contributed by atoms with Crippen molar-refractivity contribution in [1.82, 2.24) is 0 Å². The van der Waals surface area contributed by atoms with Crippen LogP contribution in [0.15, 0.2) is 36.4 Å². The molecule has 2 aromatic carbocycles. The number of nitrogen functional groups attached to an aromatic ring is 1. The molecule has 3 nitrogen and oxygen atoms in total. The van der Waals surface area contributed by atoms with Gasteiger partial charge in [0, 0.05) is 22.9 Å². The molecule has 0 aliphatic carbocycles. The Bertz CT molecular complexity index is 642. The molecule has 0 radical (unpaired) electrons. The summed E-state index contributed by atoms with van der Waals surface area (Å²) in [6.45, 7) is 8.75. The molecule has 0 saturated carbocycles. The van der Waals surface area contributed by atoms with Gasteiger partial charge in [0.2, 0.25) is 0 Å². The van der Waals surface area contributed by atoms with Crippen LogP contribution in [0.1, 0.15) is 33.3 Å². The maximum Gasteiger partial charge on any atom is 0.127 e. The summed E-state index contributed by atoms with van der Waals surface area (Å²) in [6.07, 6.45) is 0. The lowest BCUT2D eigenvalue weighted by Crippen LogP contribution is -2.12. The van der Waals surface area contributed by atoms with E-state index in [2.05, 4.69) is 20.8 Å². The summed E-state index contributed by atoms with van der Waals surface area (Å²) in [5, 5.41) is 10.2. The lowest BCUT2D eigenvalue weighted by atomic mass is 9.84. The first-order valence-electron chi connectivity index (χ1n) is 7.19. The number of hydrogen-bond donors (Lipinski definition) is 2. The Hall–Kier alpha value is -2.16. The third-order valence-electron chi connectivity index (χ3n) is 3.45. The van der Waals surface area contributed by atoms with Gasteiger partial charge in [-0.1, -0.05) is 39.0 Å². The zero-order valence-electron chi connectivity index (χ0n) is 13.1. The Morgan fingerprint density at radius 1 is 1.10 bits per heavy atom. The first-order chi connectivity index (χ1) is 9.84. The Morgan fingerprint density at radius 2 is 1.76 bits per heavy atom. The molecule has 0 unspecified atom stereocenters. The minimum atomic E-state index is -0.160. The largest absolute Gasteiger partial charge is 0.508 e. The molecule has 2 aromatic rings. The van der Waals surface area contributed by atoms with E-state index < -0.39 is 0 Å². The molecule has 0 bridgehead atoms. The molecule has 0 amide bonds. The van der Waals surface area contributed by atoms with Crippen LogP contribution in [0, 0.1) is 0 Å². The smallest absolute Gasteiger partial charge is 0.127 e. The summed E-state index contributed by atoms with van der Waals surface area (Å²) in [4.78, 5) is 0. The van der Waals surface area contributed by atoms with E-state index in [4.69, 9.17) is 10.5 Å². The lowest BCUT2D eigenvalue weighted by molar-refractivity contribution is 0.341. The van der Waals surface area contributed by atoms with E-state index in [0.29, 0.717) is 12.3 Å². The molecule has 3 heteroatoms. The quantitative estimate of drug-likeness (QED) is 0.825. The van der Waals surface area contributed by atoms with Crippen molar-refractivity contribution in [2.75, 3.05) is 12.3 Å². The molecule has 0 heterocycles. The minimum absolute atomic E-state index is 0.160. The minimum Gasteiger partial charge on any atom is -0.508 e. The van der Waals surface area contributed by atoms with Gasteiger partial charge in [-0.05, 0) is 30.0 Å². The Balaban J connectivity index is 2.64. The van der Waals surface area contributed by atoms with Gasteiger partial charge in [-0.15, -0.1) is 0 Å². The fourth-order valence-electron chi connectivity index (χ4n) is 2.41. The summed E-state index contributed by atoms with van der Waals surface area (Å²) in [7, 11) is 0. The van der Waals surface area contributed by atoms with E-state index in [9.17, 15) is 5.11 Å². The Morgan fingerprint density at radius 3 is 2.38 bits per heavy atom. The topological polar surface area (TPSA) is 55.5 Å². The van der Waals surface area contributed by atoms with Crippen molar-refractivity contribution >= 4 is 5.69 Å². The van der Waals surface area contributed by atoms with Gasteiger partial charge in [0.1, 0.15) is 11.5 Å². The second-order valence-corrected chi connectivity index (χ2v) is 6.14. The predicted octanol–water partition coefficient (Wildman–Crippen LogP) is 4.34. The number of aromatic hydroxyl groups is 1. The van der Waals surface area contributed by atoms with E-state index >= 15 is 0 Å². The molecule has 0 saturated heterocycles. The fraction of sp³-hybridized carbons (Fsp3) is 0.333. The van der Waals surface area contributed by atoms with E-state index in [0.717, 1.165) is 22.4 Å². The fourth-order valence-corrected chi connectivity index (χ4v) is 2.41. The van der Waals surface area contributed by atoms with E-state index in [-0.39, 0.29) is 11.2 Å². The number of rotatable bonds is 3. The maximum absolute atomic E-state index is 10.2. The summed E-state index contributed by atoms with van der Waals surface area (Å²) in [5.41, 5.74) is 9.21. The molecule has 2 rings (SSSR count). The number of phenolic OH excluding ortho intramolecular Hbond substituents is 1. The highest BCUT2D eigenvalue weighted by atomic mass is 16.5. The average Bonchev–Trinajstić information content (AvgIpc) is 2.39. The van der Waals surface area contributed by atoms with Gasteiger partial charge < -0.3 is 15.6 Å². The predicted molar refractivity (Wildman–Crippen MR) is 87.8 cm³/mol. The molecule has 0 aliphatic heterocycles. The summed E-state index contributed by atoms with van der Waals surface area (Å²) >= 11 is 0. The molecule has 0 fully saturated rings. The van der Waals surface area contributed by atoms with Crippen molar-refractivity contribution in [2.45, 2.75) is 33.1 Å². The first-order valence-corrected chi connectivity index (χ1v) is 7.19. The average molecular weight is 285 g/mol. The summed E-state index contributed by atoms with van der Waals surface area (Å²) in [6, 6.07) is 11.4. The van der Waals surface area contributed by atoms with Gasteiger partial charge >= 0.3 is 0 Å². The van der Waals surface area contributed by atoms with Crippen LogP contribution >= 0.6 is 0 Å². The van der Waals surface area contributed by atoms with Crippen LogP contribution in [-0.2, 0) is 5.41 Å². The molecule has 0 spiro atoms. The van der Waals surface area contributed by atoms with Gasteiger partial charge in [0.15, 0.2) is 0 Å². The third kappa shape index (κ3) is 3.13. The van der Waals surface area contributed by atoms with Crippen molar-refractivity contribution in [3.63, 3.8) is 0 Å². The van der Waals surface area contributed by atoms with Gasteiger partial charge in [0.25, 0.3) is 0 Å². The van der Waals surface area contributed by atoms with E-state index in [1.807, 2.05) is 37.3 Å². The van der Waals surface area contributed by atoms with Crippen molar-refractivity contribution < 1.29 is 9.84 Å². The van der Waals surface area contributed by atoms with Crippen LogP contribution in [0.2, 0.25) is 0 Å². The number of para-hydroxylation sites is 1. The highest BCUT2D eigenvalue weighted by Crippen LogP contribution is 2.40. The van der Waals surface area contributed by atoms with Crippen LogP contribution in [0.25, 0.3) is 11.1 Å². The molecule has 0 atom stereocenters. The molecule has 3 N–H and O–H groups in total. The van der Waals surface area contributed by atoms with Crippen LogP contribution in [0.5, 0.6) is 11.5 Å². The second kappa shape index (κ2) is 5.68. The number of hydrogen-bond acceptors (Lipinski definition) is 3. The normalized spacial score (nSPS) is 11.4. The molecule has 21 heavy (non-hydrogen) atoms. The van der Waals surface area contributed by atoms with Gasteiger partial charge in [-0.25, -0.2) is 0 Å². The van der Waals surface area contributed by atoms with Gasteiger partial charge in [0.05, 0.1) is 6.61 Å². The standard InChI is InChI=1S/C18H23NO2/c1-5-21-17-9-7-6-8-12(17)13-10-14(18(2,3)4)16(20)11-15(13)19/h6-11,20H,5,19H2,1-4H3. The van der Waals surface area contributed by atoms with Crippen LogP contribution in [0.4, 0.5) is 5.69 Å². The summed E-state index contributed by atoms with van der Waals surface area (Å²) < 4.78 is 5.68. The van der Waals surface area contributed by atoms with E-state index in [1.54, 1.807) is 6.07 Å². The maximum atomic E-state index is 10.2. The summed E-state index contributed by atoms with van der Waals surface area (Å²) in [5.74, 6) is 1.04. The number of ether oxygens (including phenoxy) is 1. The van der Waals surface area contributed by atoms with Crippen LogP contribution in [-0.4, -0.2) is 11.7 Å². The highest BCUT2D eigenvalue weighted by Gasteiger charge is 2.21. The number of phenols is 1. The monoisotopic (exact) mass is 285 g/mol. The molecular weight excluding hydrogens is 262 g/mol. The highest BCUT2D eigenvalue weighted by molar-refractivity contribution is 5.82. The van der Waals surface area contributed by atoms with Crippen molar-refractivity contribution in [1.29, 1.82) is 0 Å². The second-order valence-electron chi connectivity index (χ2n) is 6.14. The molecular formula is C18H23NO2. The van der Waals surface area contributed by atoms with Crippen molar-refractivity contribution in [3.8, 4) is 22.6 Å². The van der Waals surface area contributed by atoms with Crippen molar-refractivity contribution in [2.24, 2.45) is 0 Å². The Labute approximate surface area is 126 Å². The number of nitrogens with two attached hydrogens (primary N) is 1. The first kappa shape index (κ1) is 15.2. The lowest BCUT2D eigenvalue weighted by Gasteiger charge is -2.23. The van der Waals surface area contributed by atoms with E-state index in [1.165, 1.54) is 0 Å². The van der Waals surface area contributed by atoms with Crippen LogP contribution in [0.3, 0.4) is 0 Å². The molecule has 0 aromatic heterocycles. The molecule has 112 valence electrons.